The zero-order chi connectivity index (χ0) is 54.3. The van der Waals surface area contributed by atoms with Crippen LogP contribution in [0, 0.1) is 0 Å². The van der Waals surface area contributed by atoms with Crippen molar-refractivity contribution >= 4 is 17.9 Å². The molecule has 0 saturated heterocycles. The Balaban J connectivity index is 4.29. The lowest BCUT2D eigenvalue weighted by Crippen LogP contribution is -2.30. The highest BCUT2D eigenvalue weighted by Crippen LogP contribution is 2.17. The Kier molecular flexibility index (Phi) is 61.2. The highest BCUT2D eigenvalue weighted by atomic mass is 16.6. The van der Waals surface area contributed by atoms with Crippen LogP contribution in [0.1, 0.15) is 342 Å². The van der Waals surface area contributed by atoms with Crippen LogP contribution in [0.2, 0.25) is 0 Å². The number of carbonyl (C=O) groups excluding carboxylic acids is 3. The molecule has 0 N–H and O–H groups in total. The number of ether oxygens (including phenoxy) is 3. The van der Waals surface area contributed by atoms with E-state index in [4.69, 9.17) is 14.2 Å². The SMILES string of the molecule is CC/C=C\C/C=C\C/C=C\C/C=C\CCCCCCCCCCCCCCC(=O)OCC(COC(=O)CCCCCCC/C=C\CCCCCCCC)OC(=O)CCCCCCCCCCCCCCCCCCC. The molecule has 0 fully saturated rings. The zero-order valence-corrected chi connectivity index (χ0v) is 50.1. The Hall–Kier alpha value is -2.89. The molecule has 0 saturated carbocycles. The first kappa shape index (κ1) is 72.1. The Bertz CT molecular complexity index is 1340. The van der Waals surface area contributed by atoms with E-state index in [-0.39, 0.29) is 31.1 Å². The third-order valence-electron chi connectivity index (χ3n) is 14.5. The van der Waals surface area contributed by atoms with Crippen molar-refractivity contribution in [2.45, 2.75) is 348 Å². The smallest absolute Gasteiger partial charge is 0.306 e. The van der Waals surface area contributed by atoms with Crippen molar-refractivity contribution in [1.29, 1.82) is 0 Å². The first-order chi connectivity index (χ1) is 37.0. The lowest BCUT2D eigenvalue weighted by atomic mass is 10.0. The summed E-state index contributed by atoms with van der Waals surface area (Å²) in [7, 11) is 0. The molecular formula is C69H124O6. The summed E-state index contributed by atoms with van der Waals surface area (Å²) in [4.78, 5) is 38.3. The lowest BCUT2D eigenvalue weighted by Gasteiger charge is -2.18. The van der Waals surface area contributed by atoms with E-state index in [2.05, 4.69) is 81.5 Å². The Labute approximate surface area is 466 Å². The number of hydrogen-bond donors (Lipinski definition) is 0. The summed E-state index contributed by atoms with van der Waals surface area (Å²) in [6, 6.07) is 0. The van der Waals surface area contributed by atoms with Crippen LogP contribution in [0.5, 0.6) is 0 Å². The van der Waals surface area contributed by atoms with E-state index in [1.807, 2.05) is 0 Å². The van der Waals surface area contributed by atoms with Crippen molar-refractivity contribution in [1.82, 2.24) is 0 Å². The molecule has 1 unspecified atom stereocenters. The molecule has 0 bridgehead atoms. The predicted molar refractivity (Wildman–Crippen MR) is 325 cm³/mol. The van der Waals surface area contributed by atoms with Gasteiger partial charge in [0.15, 0.2) is 6.10 Å². The van der Waals surface area contributed by atoms with Gasteiger partial charge in [0.2, 0.25) is 0 Å². The molecule has 0 amide bonds. The van der Waals surface area contributed by atoms with Gasteiger partial charge in [0.25, 0.3) is 0 Å². The van der Waals surface area contributed by atoms with Crippen LogP contribution in [0.3, 0.4) is 0 Å². The van der Waals surface area contributed by atoms with Gasteiger partial charge in [-0.15, -0.1) is 0 Å². The number of carbonyl (C=O) groups is 3. The molecule has 0 spiro atoms. The molecule has 0 heterocycles. The summed E-state index contributed by atoms with van der Waals surface area (Å²) in [6.07, 6.45) is 80.8. The van der Waals surface area contributed by atoms with Crippen LogP contribution in [0.25, 0.3) is 0 Å². The van der Waals surface area contributed by atoms with Crippen molar-refractivity contribution in [3.05, 3.63) is 60.8 Å². The largest absolute Gasteiger partial charge is 0.462 e. The van der Waals surface area contributed by atoms with Gasteiger partial charge in [0.05, 0.1) is 0 Å². The molecule has 0 aliphatic carbocycles. The fourth-order valence-electron chi connectivity index (χ4n) is 9.61. The normalized spacial score (nSPS) is 12.4. The number of rotatable bonds is 60. The van der Waals surface area contributed by atoms with E-state index in [1.54, 1.807) is 0 Å². The molecule has 436 valence electrons. The second kappa shape index (κ2) is 63.6. The first-order valence-corrected chi connectivity index (χ1v) is 32.8. The fourth-order valence-corrected chi connectivity index (χ4v) is 9.61. The van der Waals surface area contributed by atoms with Crippen molar-refractivity contribution in [3.63, 3.8) is 0 Å². The average molecular weight is 1050 g/mol. The molecule has 6 heteroatoms. The van der Waals surface area contributed by atoms with Gasteiger partial charge in [-0.2, -0.15) is 0 Å². The van der Waals surface area contributed by atoms with Crippen LogP contribution in [-0.4, -0.2) is 37.2 Å². The maximum absolute atomic E-state index is 12.9. The van der Waals surface area contributed by atoms with E-state index in [9.17, 15) is 14.4 Å². The quantitative estimate of drug-likeness (QED) is 0.0261. The topological polar surface area (TPSA) is 78.9 Å². The highest BCUT2D eigenvalue weighted by Gasteiger charge is 2.19. The van der Waals surface area contributed by atoms with Crippen LogP contribution >= 0.6 is 0 Å². The summed E-state index contributed by atoms with van der Waals surface area (Å²) < 4.78 is 17.0. The average Bonchev–Trinajstić information content (AvgIpc) is 3.41. The molecular weight excluding hydrogens is 925 g/mol. The summed E-state index contributed by atoms with van der Waals surface area (Å²) in [6.45, 7) is 6.57. The van der Waals surface area contributed by atoms with Gasteiger partial charge in [-0.3, -0.25) is 14.4 Å². The molecule has 1 atom stereocenters. The van der Waals surface area contributed by atoms with Gasteiger partial charge < -0.3 is 14.2 Å². The highest BCUT2D eigenvalue weighted by molar-refractivity contribution is 5.71. The van der Waals surface area contributed by atoms with Gasteiger partial charge in [0, 0.05) is 19.3 Å². The third kappa shape index (κ3) is 61.8. The summed E-state index contributed by atoms with van der Waals surface area (Å²) in [5, 5.41) is 0. The van der Waals surface area contributed by atoms with Gasteiger partial charge in [-0.05, 0) is 83.5 Å². The van der Waals surface area contributed by atoms with Crippen molar-refractivity contribution < 1.29 is 28.6 Å². The summed E-state index contributed by atoms with van der Waals surface area (Å²) in [5.41, 5.74) is 0. The number of allylic oxidation sites excluding steroid dienone is 10. The zero-order valence-electron chi connectivity index (χ0n) is 50.1. The van der Waals surface area contributed by atoms with Crippen molar-refractivity contribution in [2.24, 2.45) is 0 Å². The molecule has 75 heavy (non-hydrogen) atoms. The molecule has 6 nitrogen and oxygen atoms in total. The maximum atomic E-state index is 12.9. The minimum atomic E-state index is -0.776. The van der Waals surface area contributed by atoms with E-state index >= 15 is 0 Å². The Morgan fingerprint density at radius 1 is 0.280 bits per heavy atom. The van der Waals surface area contributed by atoms with E-state index in [1.165, 1.54) is 212 Å². The second-order valence-corrected chi connectivity index (χ2v) is 22.0. The van der Waals surface area contributed by atoms with Gasteiger partial charge >= 0.3 is 17.9 Å². The standard InChI is InChI=1S/C69H124O6/c1-4-7-10-13-16-19-22-25-28-30-31-32-33-34-35-36-37-39-41-44-47-50-53-56-59-62-68(71)74-65-66(64-73-67(70)61-58-55-52-49-46-43-40-27-24-21-18-15-12-9-6-3)75-69(72)63-60-57-54-51-48-45-42-38-29-26-23-20-17-14-11-8-5-2/h7,10,16,19,25,27-28,31-32,40,66H,4-6,8-9,11-15,17-18,20-24,26,29-30,33-39,41-65H2,1-3H3/b10-7-,19-16-,28-25-,32-31-,40-27-. The minimum absolute atomic E-state index is 0.0738. The maximum Gasteiger partial charge on any atom is 0.306 e. The van der Waals surface area contributed by atoms with E-state index in [0.29, 0.717) is 19.3 Å². The van der Waals surface area contributed by atoms with Crippen LogP contribution in [-0.2, 0) is 28.6 Å². The van der Waals surface area contributed by atoms with Crippen molar-refractivity contribution in [3.8, 4) is 0 Å². The van der Waals surface area contributed by atoms with Crippen LogP contribution in [0.4, 0.5) is 0 Å². The summed E-state index contributed by atoms with van der Waals surface area (Å²) >= 11 is 0. The molecule has 0 aliphatic rings. The first-order valence-electron chi connectivity index (χ1n) is 32.8. The van der Waals surface area contributed by atoms with Gasteiger partial charge in [0.1, 0.15) is 13.2 Å². The van der Waals surface area contributed by atoms with E-state index < -0.39 is 6.10 Å². The minimum Gasteiger partial charge on any atom is -0.462 e. The molecule has 0 radical (unpaired) electrons. The molecule has 0 aromatic carbocycles. The molecule has 0 rings (SSSR count). The Morgan fingerprint density at radius 3 is 0.827 bits per heavy atom. The Morgan fingerprint density at radius 2 is 0.520 bits per heavy atom. The van der Waals surface area contributed by atoms with Gasteiger partial charge in [-0.25, -0.2) is 0 Å². The van der Waals surface area contributed by atoms with E-state index in [0.717, 1.165) is 89.9 Å². The number of esters is 3. The van der Waals surface area contributed by atoms with Gasteiger partial charge in [-0.1, -0.05) is 300 Å². The van der Waals surface area contributed by atoms with Crippen LogP contribution < -0.4 is 0 Å². The molecule has 0 aromatic heterocycles. The third-order valence-corrected chi connectivity index (χ3v) is 14.5. The predicted octanol–water partition coefficient (Wildman–Crippen LogP) is 22.3. The lowest BCUT2D eigenvalue weighted by molar-refractivity contribution is -0.167. The monoisotopic (exact) mass is 1050 g/mol. The van der Waals surface area contributed by atoms with Crippen molar-refractivity contribution in [2.75, 3.05) is 13.2 Å². The second-order valence-electron chi connectivity index (χ2n) is 22.0. The fraction of sp³-hybridized carbons (Fsp3) is 0.812. The molecule has 0 aromatic rings. The molecule has 0 aliphatic heterocycles. The number of unbranched alkanes of at least 4 members (excludes halogenated alkanes) is 39. The van der Waals surface area contributed by atoms with Crippen LogP contribution in [0.15, 0.2) is 60.8 Å². The summed E-state index contributed by atoms with van der Waals surface area (Å²) in [5.74, 6) is -0.863. The number of hydrogen-bond acceptors (Lipinski definition) is 6.